The molecule has 0 aliphatic carbocycles. The topological polar surface area (TPSA) is 20.3 Å². The highest BCUT2D eigenvalue weighted by atomic mass is 35.5. The van der Waals surface area contributed by atoms with Crippen molar-refractivity contribution in [1.82, 2.24) is 4.90 Å². The molecule has 0 N–H and O–H groups in total. The molecule has 1 aromatic carbocycles. The molecule has 19 heavy (non-hydrogen) atoms. The number of alkyl halides is 1. The van der Waals surface area contributed by atoms with E-state index in [4.69, 9.17) is 11.6 Å². The fourth-order valence-corrected chi connectivity index (χ4v) is 2.29. The minimum absolute atomic E-state index is 0.179. The predicted molar refractivity (Wildman–Crippen MR) is 78.8 cm³/mol. The number of allylic oxidation sites excluding steroid dienone is 4. The van der Waals surface area contributed by atoms with Gasteiger partial charge in [-0.05, 0) is 24.1 Å². The summed E-state index contributed by atoms with van der Waals surface area (Å²) in [5.74, 6) is -0.179. The van der Waals surface area contributed by atoms with Crippen LogP contribution in [0.2, 0.25) is 0 Å². The molecule has 0 bridgehead atoms. The Morgan fingerprint density at radius 2 is 1.68 bits per heavy atom. The van der Waals surface area contributed by atoms with Gasteiger partial charge in [-0.1, -0.05) is 54.1 Å². The van der Waals surface area contributed by atoms with Crippen molar-refractivity contribution in [3.05, 3.63) is 72.6 Å². The van der Waals surface area contributed by atoms with Crippen LogP contribution in [-0.2, 0) is 4.79 Å². The van der Waals surface area contributed by atoms with E-state index in [1.807, 2.05) is 71.9 Å². The normalized spacial score (nSPS) is 17.0. The standard InChI is InChI=1S/C16H16ClNO/c17-16(18-10-6-1-2-7-11-18)12-15(13-19)14-8-4-3-5-9-14/h1-11,13,15-16H,12H2. The Hall–Kier alpha value is -1.80. The van der Waals surface area contributed by atoms with Gasteiger partial charge >= 0.3 is 0 Å². The van der Waals surface area contributed by atoms with Gasteiger partial charge in [-0.25, -0.2) is 0 Å². The molecule has 1 heterocycles. The summed E-state index contributed by atoms with van der Waals surface area (Å²) in [4.78, 5) is 13.2. The molecule has 3 heteroatoms. The molecule has 0 radical (unpaired) electrons. The molecule has 2 rings (SSSR count). The first-order valence-corrected chi connectivity index (χ1v) is 6.68. The second-order valence-corrected chi connectivity index (χ2v) is 4.84. The van der Waals surface area contributed by atoms with Crippen molar-refractivity contribution in [2.45, 2.75) is 17.8 Å². The van der Waals surface area contributed by atoms with Crippen molar-refractivity contribution in [3.8, 4) is 0 Å². The van der Waals surface area contributed by atoms with Gasteiger partial charge in [-0.15, -0.1) is 0 Å². The Bertz CT molecular complexity index is 477. The molecule has 0 saturated heterocycles. The molecule has 0 aromatic heterocycles. The summed E-state index contributed by atoms with van der Waals surface area (Å²) in [7, 11) is 0. The molecule has 1 aromatic rings. The molecule has 0 spiro atoms. The quantitative estimate of drug-likeness (QED) is 0.462. The summed E-state index contributed by atoms with van der Waals surface area (Å²) < 4.78 is 0. The number of hydrogen-bond donors (Lipinski definition) is 0. The molecular weight excluding hydrogens is 258 g/mol. The molecule has 1 aliphatic heterocycles. The average Bonchev–Trinajstić information content (AvgIpc) is 2.74. The van der Waals surface area contributed by atoms with Gasteiger partial charge < -0.3 is 9.69 Å². The lowest BCUT2D eigenvalue weighted by Crippen LogP contribution is -2.23. The van der Waals surface area contributed by atoms with Gasteiger partial charge in [-0.2, -0.15) is 0 Å². The van der Waals surface area contributed by atoms with E-state index >= 15 is 0 Å². The summed E-state index contributed by atoms with van der Waals surface area (Å²) in [6.45, 7) is 0. The minimum atomic E-state index is -0.247. The lowest BCUT2D eigenvalue weighted by molar-refractivity contribution is -0.109. The average molecular weight is 274 g/mol. The molecule has 2 unspecified atom stereocenters. The Labute approximate surface area is 118 Å². The van der Waals surface area contributed by atoms with E-state index in [1.165, 1.54) is 0 Å². The predicted octanol–water partition coefficient (Wildman–Crippen LogP) is 3.82. The van der Waals surface area contributed by atoms with E-state index in [9.17, 15) is 4.79 Å². The van der Waals surface area contributed by atoms with Crippen LogP contribution in [-0.4, -0.2) is 16.7 Å². The number of aldehydes is 1. The van der Waals surface area contributed by atoms with E-state index in [1.54, 1.807) is 0 Å². The van der Waals surface area contributed by atoms with Crippen molar-refractivity contribution in [1.29, 1.82) is 0 Å². The van der Waals surface area contributed by atoms with Crippen molar-refractivity contribution < 1.29 is 4.79 Å². The van der Waals surface area contributed by atoms with Gasteiger partial charge in [0.05, 0.1) is 0 Å². The smallest absolute Gasteiger partial charge is 0.127 e. The number of halogens is 1. The van der Waals surface area contributed by atoms with Gasteiger partial charge in [0, 0.05) is 18.3 Å². The fourth-order valence-electron chi connectivity index (χ4n) is 1.96. The molecule has 98 valence electrons. The van der Waals surface area contributed by atoms with Crippen LogP contribution in [0.1, 0.15) is 17.9 Å². The third-order valence-electron chi connectivity index (χ3n) is 3.01. The molecular formula is C16H16ClNO. The molecule has 2 atom stereocenters. The van der Waals surface area contributed by atoms with Crippen molar-refractivity contribution in [2.24, 2.45) is 0 Å². The largest absolute Gasteiger partial charge is 0.338 e. The Balaban J connectivity index is 2.04. The van der Waals surface area contributed by atoms with Crippen LogP contribution in [0.5, 0.6) is 0 Å². The lowest BCUT2D eigenvalue weighted by Gasteiger charge is -2.24. The maximum absolute atomic E-state index is 11.3. The third-order valence-corrected chi connectivity index (χ3v) is 3.42. The number of benzene rings is 1. The summed E-state index contributed by atoms with van der Waals surface area (Å²) in [6, 6.07) is 9.72. The molecule has 1 aliphatic rings. The summed E-state index contributed by atoms with van der Waals surface area (Å²) in [6.07, 6.45) is 13.1. The first-order valence-electron chi connectivity index (χ1n) is 6.24. The van der Waals surface area contributed by atoms with Gasteiger partial charge in [0.1, 0.15) is 11.8 Å². The zero-order valence-electron chi connectivity index (χ0n) is 10.5. The highest BCUT2D eigenvalue weighted by Crippen LogP contribution is 2.24. The first kappa shape index (κ1) is 13.6. The van der Waals surface area contributed by atoms with Crippen LogP contribution in [0.3, 0.4) is 0 Å². The van der Waals surface area contributed by atoms with Gasteiger partial charge in [0.2, 0.25) is 0 Å². The summed E-state index contributed by atoms with van der Waals surface area (Å²) in [5.41, 5.74) is 0.756. The monoisotopic (exact) mass is 273 g/mol. The zero-order chi connectivity index (χ0) is 13.5. The molecule has 0 saturated carbocycles. The molecule has 0 amide bonds. The number of nitrogens with zero attached hydrogens (tertiary/aromatic N) is 1. The fraction of sp³-hybridized carbons (Fsp3) is 0.188. The van der Waals surface area contributed by atoms with E-state index in [0.717, 1.165) is 11.8 Å². The van der Waals surface area contributed by atoms with E-state index in [-0.39, 0.29) is 11.4 Å². The Morgan fingerprint density at radius 1 is 1.05 bits per heavy atom. The summed E-state index contributed by atoms with van der Waals surface area (Å²) >= 11 is 6.39. The highest BCUT2D eigenvalue weighted by Gasteiger charge is 2.18. The Morgan fingerprint density at radius 3 is 2.26 bits per heavy atom. The van der Waals surface area contributed by atoms with Gasteiger partial charge in [0.25, 0.3) is 0 Å². The maximum atomic E-state index is 11.3. The van der Waals surface area contributed by atoms with Gasteiger partial charge in [0.15, 0.2) is 0 Å². The SMILES string of the molecule is O=CC(CC(Cl)N1C=CC=CC=C1)c1ccccc1. The molecule has 2 nitrogen and oxygen atoms in total. The second-order valence-electron chi connectivity index (χ2n) is 4.34. The minimum Gasteiger partial charge on any atom is -0.338 e. The van der Waals surface area contributed by atoms with Crippen molar-refractivity contribution in [2.75, 3.05) is 0 Å². The third kappa shape index (κ3) is 3.83. The van der Waals surface area contributed by atoms with Gasteiger partial charge in [-0.3, -0.25) is 0 Å². The number of carbonyl (C=O) groups excluding carboxylic acids is 1. The number of hydrogen-bond acceptors (Lipinski definition) is 2. The second kappa shape index (κ2) is 6.95. The van der Waals surface area contributed by atoms with Crippen LogP contribution >= 0.6 is 11.6 Å². The highest BCUT2D eigenvalue weighted by molar-refractivity contribution is 6.20. The number of rotatable bonds is 5. The van der Waals surface area contributed by atoms with Crippen LogP contribution in [0, 0.1) is 0 Å². The maximum Gasteiger partial charge on any atom is 0.127 e. The summed E-state index contributed by atoms with van der Waals surface area (Å²) in [5, 5.41) is 0. The van der Waals surface area contributed by atoms with Crippen LogP contribution < -0.4 is 0 Å². The molecule has 0 fully saturated rings. The zero-order valence-corrected chi connectivity index (χ0v) is 11.3. The van der Waals surface area contributed by atoms with Crippen molar-refractivity contribution in [3.63, 3.8) is 0 Å². The lowest BCUT2D eigenvalue weighted by atomic mass is 9.97. The van der Waals surface area contributed by atoms with E-state index < -0.39 is 0 Å². The van der Waals surface area contributed by atoms with Crippen LogP contribution in [0.25, 0.3) is 0 Å². The number of carbonyl (C=O) groups is 1. The van der Waals surface area contributed by atoms with Crippen LogP contribution in [0.4, 0.5) is 0 Å². The Kier molecular flexibility index (Phi) is 4.99. The van der Waals surface area contributed by atoms with Crippen LogP contribution in [0.15, 0.2) is 67.0 Å². The van der Waals surface area contributed by atoms with E-state index in [0.29, 0.717) is 6.42 Å². The van der Waals surface area contributed by atoms with E-state index in [2.05, 4.69) is 0 Å². The van der Waals surface area contributed by atoms with Crippen molar-refractivity contribution >= 4 is 17.9 Å². The first-order chi connectivity index (χ1) is 9.31.